The third-order valence-corrected chi connectivity index (χ3v) is 1.67. The van der Waals surface area contributed by atoms with Gasteiger partial charge in [-0.1, -0.05) is 0 Å². The molecule has 0 aliphatic carbocycles. The van der Waals surface area contributed by atoms with E-state index < -0.39 is 0 Å². The van der Waals surface area contributed by atoms with Crippen molar-refractivity contribution in [2.45, 2.75) is 0 Å². The summed E-state index contributed by atoms with van der Waals surface area (Å²) in [6.45, 7) is 0. The van der Waals surface area contributed by atoms with Gasteiger partial charge in [-0.15, -0.1) is 0 Å². The molecule has 1 aromatic carbocycles. The largest absolute Gasteiger partial charge is 0.416 e. The average Bonchev–Trinajstić information content (AvgIpc) is 2.46. The summed E-state index contributed by atoms with van der Waals surface area (Å²) in [6, 6.07) is 4.36. The second-order valence-electron chi connectivity index (χ2n) is 2.39. The van der Waals surface area contributed by atoms with Gasteiger partial charge >= 0.3 is 0 Å². The minimum atomic E-state index is -0.290. The fourth-order valence-corrected chi connectivity index (χ4v) is 1.10. The molecular weight excluding hydrogens is 159 g/mol. The Morgan fingerprint density at radius 3 is 3.08 bits per heavy atom. The van der Waals surface area contributed by atoms with E-state index in [1.807, 2.05) is 0 Å². The molecule has 3 nitrogen and oxygen atoms in total. The van der Waals surface area contributed by atoms with Crippen molar-refractivity contribution in [3.05, 3.63) is 30.3 Å². The van der Waals surface area contributed by atoms with Crippen LogP contribution in [0.5, 0.6) is 0 Å². The van der Waals surface area contributed by atoms with Crippen LogP contribution in [-0.4, -0.2) is 16.8 Å². The van der Waals surface area contributed by atoms with E-state index >= 15 is 0 Å². The van der Waals surface area contributed by atoms with Crippen molar-refractivity contribution in [3.8, 4) is 0 Å². The van der Waals surface area contributed by atoms with Crippen LogP contribution < -0.4 is 4.84 Å². The van der Waals surface area contributed by atoms with Crippen LogP contribution in [-0.2, 0) is 0 Å². The number of imidazole rings is 1. The highest BCUT2D eigenvalue weighted by molar-refractivity contribution is 5.74. The number of fused-ring (bicyclic) bond motifs is 1. The van der Waals surface area contributed by atoms with Gasteiger partial charge in [-0.25, -0.2) is 9.37 Å². The molecular formula is C8H7FN2O. The van der Waals surface area contributed by atoms with Crippen LogP contribution >= 0.6 is 0 Å². The first-order chi connectivity index (χ1) is 5.81. The molecule has 0 saturated carbocycles. The topological polar surface area (TPSA) is 27.1 Å². The fraction of sp³-hybridized carbons (Fsp3) is 0.125. The number of halogens is 1. The first-order valence-corrected chi connectivity index (χ1v) is 3.48. The van der Waals surface area contributed by atoms with Gasteiger partial charge in [0.15, 0.2) is 0 Å². The highest BCUT2D eigenvalue weighted by Gasteiger charge is 2.02. The van der Waals surface area contributed by atoms with E-state index in [4.69, 9.17) is 4.84 Å². The number of nitrogens with zero attached hydrogens (tertiary/aromatic N) is 2. The Balaban J connectivity index is 2.75. The Labute approximate surface area is 68.3 Å². The van der Waals surface area contributed by atoms with Gasteiger partial charge in [-0.05, 0) is 12.1 Å². The summed E-state index contributed by atoms with van der Waals surface area (Å²) in [6.07, 6.45) is 1.50. The zero-order valence-electron chi connectivity index (χ0n) is 6.49. The predicted molar refractivity (Wildman–Crippen MR) is 42.2 cm³/mol. The molecule has 0 aliphatic rings. The monoisotopic (exact) mass is 166 g/mol. The molecule has 0 amide bonds. The van der Waals surface area contributed by atoms with Crippen LogP contribution in [0.2, 0.25) is 0 Å². The number of benzene rings is 1. The molecule has 62 valence electrons. The maximum absolute atomic E-state index is 12.7. The molecule has 1 heterocycles. The lowest BCUT2D eigenvalue weighted by Gasteiger charge is -1.99. The summed E-state index contributed by atoms with van der Waals surface area (Å²) in [5.74, 6) is -0.290. The molecule has 2 rings (SSSR count). The van der Waals surface area contributed by atoms with Crippen molar-refractivity contribution in [1.29, 1.82) is 0 Å². The fourth-order valence-electron chi connectivity index (χ4n) is 1.10. The lowest BCUT2D eigenvalue weighted by Crippen LogP contribution is -2.02. The summed E-state index contributed by atoms with van der Waals surface area (Å²) < 4.78 is 14.1. The van der Waals surface area contributed by atoms with Gasteiger partial charge in [0.25, 0.3) is 0 Å². The maximum Gasteiger partial charge on any atom is 0.133 e. The molecule has 1 aromatic heterocycles. The zero-order chi connectivity index (χ0) is 8.55. The second kappa shape index (κ2) is 2.48. The van der Waals surface area contributed by atoms with E-state index in [2.05, 4.69) is 4.98 Å². The summed E-state index contributed by atoms with van der Waals surface area (Å²) >= 11 is 0. The molecule has 0 aliphatic heterocycles. The first-order valence-electron chi connectivity index (χ1n) is 3.48. The maximum atomic E-state index is 12.7. The molecule has 0 fully saturated rings. The van der Waals surface area contributed by atoms with Crippen LogP contribution in [0, 0.1) is 5.82 Å². The van der Waals surface area contributed by atoms with Gasteiger partial charge in [-0.2, -0.15) is 4.73 Å². The van der Waals surface area contributed by atoms with Gasteiger partial charge in [0, 0.05) is 6.07 Å². The number of hydrogen-bond acceptors (Lipinski definition) is 2. The van der Waals surface area contributed by atoms with Gasteiger partial charge in [0.1, 0.15) is 24.8 Å². The Morgan fingerprint density at radius 2 is 2.33 bits per heavy atom. The number of rotatable bonds is 1. The molecule has 12 heavy (non-hydrogen) atoms. The molecule has 0 radical (unpaired) electrons. The number of aromatic nitrogens is 2. The highest BCUT2D eigenvalue weighted by atomic mass is 19.1. The van der Waals surface area contributed by atoms with E-state index in [1.165, 1.54) is 30.3 Å². The lowest BCUT2D eigenvalue weighted by molar-refractivity contribution is 0.177. The van der Waals surface area contributed by atoms with Crippen molar-refractivity contribution in [2.24, 2.45) is 0 Å². The minimum Gasteiger partial charge on any atom is -0.416 e. The summed E-state index contributed by atoms with van der Waals surface area (Å²) in [5, 5.41) is 0. The van der Waals surface area contributed by atoms with E-state index in [0.717, 1.165) is 5.52 Å². The van der Waals surface area contributed by atoms with E-state index in [0.29, 0.717) is 5.52 Å². The molecule has 0 spiro atoms. The third kappa shape index (κ3) is 0.922. The van der Waals surface area contributed by atoms with Crippen LogP contribution in [0.25, 0.3) is 11.0 Å². The molecule has 0 saturated heterocycles. The lowest BCUT2D eigenvalue weighted by atomic mass is 10.3. The average molecular weight is 166 g/mol. The van der Waals surface area contributed by atoms with Crippen molar-refractivity contribution in [1.82, 2.24) is 9.71 Å². The summed E-state index contributed by atoms with van der Waals surface area (Å²) in [5.41, 5.74) is 1.36. The van der Waals surface area contributed by atoms with Gasteiger partial charge in [0.05, 0.1) is 5.52 Å². The molecule has 2 aromatic rings. The normalized spacial score (nSPS) is 10.5. The summed E-state index contributed by atoms with van der Waals surface area (Å²) in [7, 11) is 1.51. The molecule has 0 atom stereocenters. The Bertz CT molecular complexity index is 410. The summed E-state index contributed by atoms with van der Waals surface area (Å²) in [4.78, 5) is 8.91. The smallest absolute Gasteiger partial charge is 0.133 e. The van der Waals surface area contributed by atoms with E-state index in [9.17, 15) is 4.39 Å². The first kappa shape index (κ1) is 7.09. The quantitative estimate of drug-likeness (QED) is 0.637. The van der Waals surface area contributed by atoms with Crippen molar-refractivity contribution < 1.29 is 9.23 Å². The highest BCUT2D eigenvalue weighted by Crippen LogP contribution is 2.12. The molecule has 0 unspecified atom stereocenters. The van der Waals surface area contributed by atoms with E-state index in [1.54, 1.807) is 6.07 Å². The standard InChI is InChI=1S/C8H7FN2O/c1-12-11-5-10-7-3-2-6(9)4-8(7)11/h2-5H,1H3. The predicted octanol–water partition coefficient (Wildman–Crippen LogP) is 1.23. The Kier molecular flexibility index (Phi) is 1.46. The SMILES string of the molecule is COn1cnc2ccc(F)cc21. The molecule has 4 heteroatoms. The van der Waals surface area contributed by atoms with Crippen molar-refractivity contribution >= 4 is 11.0 Å². The van der Waals surface area contributed by atoms with Gasteiger partial charge in [-0.3, -0.25) is 0 Å². The molecule has 0 N–H and O–H groups in total. The van der Waals surface area contributed by atoms with Crippen molar-refractivity contribution in [3.63, 3.8) is 0 Å². The third-order valence-electron chi connectivity index (χ3n) is 1.67. The van der Waals surface area contributed by atoms with E-state index in [-0.39, 0.29) is 5.82 Å². The number of hydrogen-bond donors (Lipinski definition) is 0. The Morgan fingerprint density at radius 1 is 1.50 bits per heavy atom. The Hall–Kier alpha value is -1.58. The van der Waals surface area contributed by atoms with Crippen LogP contribution in [0.3, 0.4) is 0 Å². The van der Waals surface area contributed by atoms with Crippen LogP contribution in [0.1, 0.15) is 0 Å². The zero-order valence-corrected chi connectivity index (χ0v) is 6.49. The van der Waals surface area contributed by atoms with Gasteiger partial charge in [0.2, 0.25) is 0 Å². The molecule has 0 bridgehead atoms. The van der Waals surface area contributed by atoms with Crippen LogP contribution in [0.4, 0.5) is 4.39 Å². The second-order valence-corrected chi connectivity index (χ2v) is 2.39. The van der Waals surface area contributed by atoms with Gasteiger partial charge < -0.3 is 4.84 Å². The minimum absolute atomic E-state index is 0.290. The van der Waals surface area contributed by atoms with Crippen molar-refractivity contribution in [2.75, 3.05) is 7.11 Å². The van der Waals surface area contributed by atoms with Crippen LogP contribution in [0.15, 0.2) is 24.5 Å².